The third kappa shape index (κ3) is 2.90. The Morgan fingerprint density at radius 1 is 1.18 bits per heavy atom. The fourth-order valence-corrected chi connectivity index (χ4v) is 2.46. The van der Waals surface area contributed by atoms with Gasteiger partial charge in [0.15, 0.2) is 0 Å². The molecule has 2 aromatic rings. The number of amides is 1. The predicted molar refractivity (Wildman–Crippen MR) is 90.1 cm³/mol. The zero-order valence-electron chi connectivity index (χ0n) is 11.8. The zero-order valence-corrected chi connectivity index (χ0v) is 12.6. The average Bonchev–Trinajstić information content (AvgIpc) is 2.82. The molecule has 1 N–H and O–H groups in total. The molecule has 1 heterocycles. The molecule has 110 valence electrons. The highest BCUT2D eigenvalue weighted by Crippen LogP contribution is 2.35. The van der Waals surface area contributed by atoms with Crippen molar-refractivity contribution in [2.75, 3.05) is 11.9 Å². The van der Waals surface area contributed by atoms with Crippen LogP contribution in [0.15, 0.2) is 55.1 Å². The van der Waals surface area contributed by atoms with Gasteiger partial charge in [-0.1, -0.05) is 36.4 Å². The van der Waals surface area contributed by atoms with Crippen LogP contribution in [0.4, 0.5) is 5.69 Å². The van der Waals surface area contributed by atoms with E-state index in [1.54, 1.807) is 18.2 Å². The lowest BCUT2D eigenvalue weighted by atomic mass is 10.0. The number of halogens is 1. The van der Waals surface area contributed by atoms with Crippen LogP contribution in [0.25, 0.3) is 11.6 Å². The molecule has 0 saturated carbocycles. The normalized spacial score (nSPS) is 14.6. The van der Waals surface area contributed by atoms with Gasteiger partial charge in [-0.25, -0.2) is 0 Å². The second kappa shape index (κ2) is 6.08. The monoisotopic (exact) mass is 311 g/mol. The highest BCUT2D eigenvalue weighted by atomic mass is 35.5. The van der Waals surface area contributed by atoms with Gasteiger partial charge in [-0.05, 0) is 42.0 Å². The van der Waals surface area contributed by atoms with E-state index in [-0.39, 0.29) is 5.91 Å². The Morgan fingerprint density at radius 3 is 2.68 bits per heavy atom. The first-order valence-corrected chi connectivity index (χ1v) is 7.22. The Morgan fingerprint density at radius 2 is 1.95 bits per heavy atom. The second-order valence-electron chi connectivity index (χ2n) is 4.87. The fourth-order valence-electron chi connectivity index (χ4n) is 2.29. The predicted octanol–water partition coefficient (Wildman–Crippen LogP) is 4.40. The van der Waals surface area contributed by atoms with Crippen molar-refractivity contribution >= 4 is 34.8 Å². The number of anilines is 1. The molecular weight excluding hydrogens is 298 g/mol. The number of fused-ring (bicyclic) bond motifs is 1. The van der Waals surface area contributed by atoms with Crippen LogP contribution >= 0.6 is 11.6 Å². The summed E-state index contributed by atoms with van der Waals surface area (Å²) in [5.41, 5.74) is 3.14. The first-order valence-electron chi connectivity index (χ1n) is 6.84. The quantitative estimate of drug-likeness (QED) is 0.671. The number of hydrogen-bond donors (Lipinski definition) is 1. The molecule has 0 fully saturated rings. The molecule has 0 spiro atoms. The van der Waals surface area contributed by atoms with Gasteiger partial charge in [0.2, 0.25) is 0 Å². The van der Waals surface area contributed by atoms with Crippen molar-refractivity contribution in [1.82, 2.24) is 0 Å². The number of nitrogens with one attached hydrogen (secondary N) is 1. The van der Waals surface area contributed by atoms with Crippen molar-refractivity contribution in [1.29, 1.82) is 0 Å². The van der Waals surface area contributed by atoms with Gasteiger partial charge in [0.25, 0.3) is 5.91 Å². The van der Waals surface area contributed by atoms with Gasteiger partial charge in [-0.15, -0.1) is 0 Å². The van der Waals surface area contributed by atoms with Crippen LogP contribution in [0.1, 0.15) is 11.1 Å². The van der Waals surface area contributed by atoms with Gasteiger partial charge < -0.3 is 10.1 Å². The van der Waals surface area contributed by atoms with Crippen LogP contribution < -0.4 is 10.1 Å². The summed E-state index contributed by atoms with van der Waals surface area (Å²) in [4.78, 5) is 12.1. The minimum absolute atomic E-state index is 0.121. The average molecular weight is 312 g/mol. The van der Waals surface area contributed by atoms with Crippen molar-refractivity contribution in [2.24, 2.45) is 0 Å². The number of rotatable bonds is 4. The van der Waals surface area contributed by atoms with Crippen LogP contribution in [0.5, 0.6) is 5.75 Å². The number of benzene rings is 2. The lowest BCUT2D eigenvalue weighted by Crippen LogP contribution is -2.03. The molecule has 1 aliphatic heterocycles. The topological polar surface area (TPSA) is 38.3 Å². The van der Waals surface area contributed by atoms with Gasteiger partial charge >= 0.3 is 0 Å². The van der Waals surface area contributed by atoms with E-state index in [0.717, 1.165) is 22.6 Å². The number of carbonyl (C=O) groups excluding carboxylic acids is 1. The molecule has 2 aromatic carbocycles. The van der Waals surface area contributed by atoms with Gasteiger partial charge in [-0.3, -0.25) is 4.79 Å². The molecule has 0 unspecified atom stereocenters. The van der Waals surface area contributed by atoms with Crippen molar-refractivity contribution < 1.29 is 9.53 Å². The molecular formula is C18H14ClNO2. The molecule has 0 saturated heterocycles. The standard InChI is InChI=1S/C18H14ClNO2/c1-2-9-22-14-6-3-12(4-7-14)10-16-15-11-13(19)5-8-17(15)20-18(16)21/h2-8,10-11H,1,9H2,(H,20,21). The lowest BCUT2D eigenvalue weighted by molar-refractivity contribution is -0.110. The van der Waals surface area contributed by atoms with Crippen LogP contribution in [0.2, 0.25) is 5.02 Å². The Labute approximate surface area is 133 Å². The first-order chi connectivity index (χ1) is 10.7. The van der Waals surface area contributed by atoms with E-state index in [1.165, 1.54) is 0 Å². The summed E-state index contributed by atoms with van der Waals surface area (Å²) in [6.45, 7) is 4.08. The zero-order chi connectivity index (χ0) is 15.5. The summed E-state index contributed by atoms with van der Waals surface area (Å²) >= 11 is 6.02. The summed E-state index contributed by atoms with van der Waals surface area (Å²) in [6, 6.07) is 12.9. The highest BCUT2D eigenvalue weighted by molar-refractivity contribution is 6.36. The maximum Gasteiger partial charge on any atom is 0.256 e. The molecule has 0 aromatic heterocycles. The molecule has 1 amide bonds. The highest BCUT2D eigenvalue weighted by Gasteiger charge is 2.24. The van der Waals surface area contributed by atoms with E-state index in [2.05, 4.69) is 11.9 Å². The lowest BCUT2D eigenvalue weighted by Gasteiger charge is -2.03. The van der Waals surface area contributed by atoms with E-state index >= 15 is 0 Å². The Kier molecular flexibility index (Phi) is 3.98. The summed E-state index contributed by atoms with van der Waals surface area (Å²) in [5, 5.41) is 3.44. The molecule has 22 heavy (non-hydrogen) atoms. The van der Waals surface area contributed by atoms with Gasteiger partial charge in [-0.2, -0.15) is 0 Å². The van der Waals surface area contributed by atoms with Crippen LogP contribution in [-0.2, 0) is 4.79 Å². The van der Waals surface area contributed by atoms with E-state index in [9.17, 15) is 4.79 Å². The molecule has 0 radical (unpaired) electrons. The number of ether oxygens (including phenoxy) is 1. The molecule has 0 bridgehead atoms. The third-order valence-electron chi connectivity index (χ3n) is 3.32. The first kappa shape index (κ1) is 14.4. The molecule has 0 atom stereocenters. The van der Waals surface area contributed by atoms with Crippen molar-refractivity contribution in [3.05, 3.63) is 71.3 Å². The maximum atomic E-state index is 12.1. The van der Waals surface area contributed by atoms with E-state index in [4.69, 9.17) is 16.3 Å². The van der Waals surface area contributed by atoms with E-state index in [0.29, 0.717) is 17.2 Å². The van der Waals surface area contributed by atoms with E-state index in [1.807, 2.05) is 36.4 Å². The Bertz CT molecular complexity index is 763. The minimum atomic E-state index is -0.121. The fraction of sp³-hybridized carbons (Fsp3) is 0.0556. The number of carbonyl (C=O) groups is 1. The Balaban J connectivity index is 1.91. The Hall–Kier alpha value is -2.52. The molecule has 3 nitrogen and oxygen atoms in total. The van der Waals surface area contributed by atoms with Gasteiger partial charge in [0, 0.05) is 21.8 Å². The molecule has 3 rings (SSSR count). The van der Waals surface area contributed by atoms with Crippen molar-refractivity contribution in [3.8, 4) is 5.75 Å². The summed E-state index contributed by atoms with van der Waals surface area (Å²) in [5.74, 6) is 0.644. The third-order valence-corrected chi connectivity index (χ3v) is 3.56. The van der Waals surface area contributed by atoms with Gasteiger partial charge in [0.05, 0.1) is 0 Å². The van der Waals surface area contributed by atoms with Crippen LogP contribution in [0.3, 0.4) is 0 Å². The van der Waals surface area contributed by atoms with Crippen molar-refractivity contribution in [3.63, 3.8) is 0 Å². The molecule has 0 aliphatic carbocycles. The van der Waals surface area contributed by atoms with Gasteiger partial charge in [0.1, 0.15) is 12.4 Å². The molecule has 4 heteroatoms. The smallest absolute Gasteiger partial charge is 0.256 e. The SMILES string of the molecule is C=CCOc1ccc(C=C2C(=O)Nc3ccc(Cl)cc32)cc1. The second-order valence-corrected chi connectivity index (χ2v) is 5.31. The minimum Gasteiger partial charge on any atom is -0.490 e. The van der Waals surface area contributed by atoms with Crippen LogP contribution in [-0.4, -0.2) is 12.5 Å². The largest absolute Gasteiger partial charge is 0.490 e. The number of hydrogen-bond acceptors (Lipinski definition) is 2. The molecule has 1 aliphatic rings. The van der Waals surface area contributed by atoms with E-state index < -0.39 is 0 Å². The summed E-state index contributed by atoms with van der Waals surface area (Å²) < 4.78 is 5.44. The van der Waals surface area contributed by atoms with Crippen LogP contribution in [0, 0.1) is 0 Å². The maximum absolute atomic E-state index is 12.1. The summed E-state index contributed by atoms with van der Waals surface area (Å²) in [6.07, 6.45) is 3.54. The van der Waals surface area contributed by atoms with Crippen molar-refractivity contribution in [2.45, 2.75) is 0 Å². The summed E-state index contributed by atoms with van der Waals surface area (Å²) in [7, 11) is 0.